The fraction of sp³-hybridized carbons (Fsp3) is 0.438. The molecule has 0 spiro atoms. The molecule has 108 valence electrons. The number of fused-ring (bicyclic) bond motifs is 1. The van der Waals surface area contributed by atoms with Gasteiger partial charge in [-0.1, -0.05) is 11.6 Å². The van der Waals surface area contributed by atoms with Gasteiger partial charge in [-0.2, -0.15) is 0 Å². The molecule has 1 heterocycles. The second-order valence-electron chi connectivity index (χ2n) is 5.32. The van der Waals surface area contributed by atoms with Crippen LogP contribution in [0.5, 0.6) is 0 Å². The maximum absolute atomic E-state index is 12.5. The zero-order chi connectivity index (χ0) is 14.7. The summed E-state index contributed by atoms with van der Waals surface area (Å²) >= 11 is 0. The van der Waals surface area contributed by atoms with Crippen LogP contribution in [-0.2, 0) is 0 Å². The maximum Gasteiger partial charge on any atom is 0.289 e. The van der Waals surface area contributed by atoms with Crippen LogP contribution in [0.25, 0.3) is 11.0 Å². The third-order valence-corrected chi connectivity index (χ3v) is 3.32. The molecular formula is C16H21NO3. The van der Waals surface area contributed by atoms with Gasteiger partial charge >= 0.3 is 0 Å². The number of furan rings is 1. The Bertz CT molecular complexity index is 601. The third kappa shape index (κ3) is 3.02. The first-order chi connectivity index (χ1) is 9.52. The van der Waals surface area contributed by atoms with E-state index in [-0.39, 0.29) is 18.6 Å². The van der Waals surface area contributed by atoms with Crippen LogP contribution in [0, 0.1) is 6.92 Å². The van der Waals surface area contributed by atoms with E-state index >= 15 is 0 Å². The summed E-state index contributed by atoms with van der Waals surface area (Å²) in [6.07, 6.45) is 0.573. The normalized spacial score (nSPS) is 11.2. The standard InChI is InChI=1S/C16H21NO3/c1-11(2)17(7-4-8-18)16(19)15-10-13-9-12(3)5-6-14(13)20-15/h5-6,9-11,18H,4,7-8H2,1-3H3. The Kier molecular flexibility index (Phi) is 4.45. The molecule has 1 amide bonds. The second-order valence-corrected chi connectivity index (χ2v) is 5.32. The van der Waals surface area contributed by atoms with Gasteiger partial charge in [0.15, 0.2) is 5.76 Å². The molecule has 0 unspecified atom stereocenters. The number of nitrogens with zero attached hydrogens (tertiary/aromatic N) is 1. The third-order valence-electron chi connectivity index (χ3n) is 3.32. The van der Waals surface area contributed by atoms with Crippen molar-refractivity contribution in [1.82, 2.24) is 4.90 Å². The number of aliphatic hydroxyl groups excluding tert-OH is 1. The number of benzene rings is 1. The first kappa shape index (κ1) is 14.6. The number of rotatable bonds is 5. The van der Waals surface area contributed by atoms with Crippen LogP contribution in [0.15, 0.2) is 28.7 Å². The predicted octanol–water partition coefficient (Wildman–Crippen LogP) is 2.97. The molecule has 1 N–H and O–H groups in total. The molecule has 0 aliphatic heterocycles. The molecule has 0 saturated heterocycles. The van der Waals surface area contributed by atoms with E-state index in [1.54, 1.807) is 11.0 Å². The molecule has 0 aliphatic rings. The van der Waals surface area contributed by atoms with Crippen LogP contribution in [0.2, 0.25) is 0 Å². The zero-order valence-electron chi connectivity index (χ0n) is 12.2. The number of aliphatic hydroxyl groups is 1. The molecule has 0 radical (unpaired) electrons. The van der Waals surface area contributed by atoms with E-state index in [2.05, 4.69) is 0 Å². The Hall–Kier alpha value is -1.81. The fourth-order valence-corrected chi connectivity index (χ4v) is 2.25. The Morgan fingerprint density at radius 1 is 1.35 bits per heavy atom. The van der Waals surface area contributed by atoms with Gasteiger partial charge in [-0.3, -0.25) is 4.79 Å². The van der Waals surface area contributed by atoms with Gasteiger partial charge in [0.05, 0.1) is 0 Å². The number of carbonyl (C=O) groups excluding carboxylic acids is 1. The van der Waals surface area contributed by atoms with Crippen molar-refractivity contribution in [3.63, 3.8) is 0 Å². The maximum atomic E-state index is 12.5. The van der Waals surface area contributed by atoms with E-state index in [1.807, 2.05) is 39.0 Å². The van der Waals surface area contributed by atoms with Gasteiger partial charge in [0.25, 0.3) is 5.91 Å². The van der Waals surface area contributed by atoms with Crippen LogP contribution in [-0.4, -0.2) is 35.1 Å². The Labute approximate surface area is 119 Å². The average molecular weight is 275 g/mol. The van der Waals surface area contributed by atoms with Crippen molar-refractivity contribution in [2.75, 3.05) is 13.2 Å². The summed E-state index contributed by atoms with van der Waals surface area (Å²) in [5.74, 6) is 0.236. The van der Waals surface area contributed by atoms with Crippen LogP contribution in [0.3, 0.4) is 0 Å². The summed E-state index contributed by atoms with van der Waals surface area (Å²) in [7, 11) is 0. The van der Waals surface area contributed by atoms with Crippen molar-refractivity contribution in [1.29, 1.82) is 0 Å². The van der Waals surface area contributed by atoms with E-state index < -0.39 is 0 Å². The summed E-state index contributed by atoms with van der Waals surface area (Å²) in [5, 5.41) is 9.88. The van der Waals surface area contributed by atoms with Gasteiger partial charge in [-0.05, 0) is 45.4 Å². The minimum atomic E-state index is -0.123. The highest BCUT2D eigenvalue weighted by Gasteiger charge is 2.21. The molecule has 0 aliphatic carbocycles. The van der Waals surface area contributed by atoms with E-state index in [1.165, 1.54) is 0 Å². The van der Waals surface area contributed by atoms with Crippen LogP contribution in [0.1, 0.15) is 36.4 Å². The monoisotopic (exact) mass is 275 g/mol. The molecule has 2 aromatic rings. The van der Waals surface area contributed by atoms with Gasteiger partial charge in [0.2, 0.25) is 0 Å². The van der Waals surface area contributed by atoms with E-state index in [9.17, 15) is 4.79 Å². The first-order valence-electron chi connectivity index (χ1n) is 6.95. The highest BCUT2D eigenvalue weighted by atomic mass is 16.3. The fourth-order valence-electron chi connectivity index (χ4n) is 2.25. The lowest BCUT2D eigenvalue weighted by atomic mass is 10.2. The number of hydrogen-bond acceptors (Lipinski definition) is 3. The molecule has 1 aromatic heterocycles. The summed E-state index contributed by atoms with van der Waals surface area (Å²) in [6, 6.07) is 7.72. The molecule has 4 nitrogen and oxygen atoms in total. The highest BCUT2D eigenvalue weighted by Crippen LogP contribution is 2.22. The van der Waals surface area contributed by atoms with Crippen LogP contribution < -0.4 is 0 Å². The zero-order valence-corrected chi connectivity index (χ0v) is 12.2. The molecule has 0 fully saturated rings. The lowest BCUT2D eigenvalue weighted by Crippen LogP contribution is -2.37. The number of amides is 1. The average Bonchev–Trinajstić information content (AvgIpc) is 2.81. The topological polar surface area (TPSA) is 53.7 Å². The quantitative estimate of drug-likeness (QED) is 0.912. The lowest BCUT2D eigenvalue weighted by Gasteiger charge is -2.25. The first-order valence-corrected chi connectivity index (χ1v) is 6.95. The van der Waals surface area contributed by atoms with Crippen molar-refractivity contribution in [3.05, 3.63) is 35.6 Å². The van der Waals surface area contributed by atoms with Gasteiger partial charge in [-0.25, -0.2) is 0 Å². The predicted molar refractivity (Wildman–Crippen MR) is 78.8 cm³/mol. The molecule has 0 atom stereocenters. The van der Waals surface area contributed by atoms with Crippen molar-refractivity contribution in [3.8, 4) is 0 Å². The molecular weight excluding hydrogens is 254 g/mol. The Balaban J connectivity index is 2.28. The second kappa shape index (κ2) is 6.09. The number of hydrogen-bond donors (Lipinski definition) is 1. The van der Waals surface area contributed by atoms with Gasteiger partial charge in [0, 0.05) is 24.6 Å². The lowest BCUT2D eigenvalue weighted by molar-refractivity contribution is 0.0663. The van der Waals surface area contributed by atoms with E-state index in [0.29, 0.717) is 18.7 Å². The summed E-state index contributed by atoms with van der Waals surface area (Å²) < 4.78 is 5.64. The minimum absolute atomic E-state index is 0.0731. The molecule has 2 rings (SSSR count). The summed E-state index contributed by atoms with van der Waals surface area (Å²) in [6.45, 7) is 6.54. The van der Waals surface area contributed by atoms with Gasteiger partial charge in [0.1, 0.15) is 5.58 Å². The van der Waals surface area contributed by atoms with Gasteiger partial charge < -0.3 is 14.4 Å². The molecule has 20 heavy (non-hydrogen) atoms. The van der Waals surface area contributed by atoms with Crippen LogP contribution in [0.4, 0.5) is 0 Å². The van der Waals surface area contributed by atoms with E-state index in [4.69, 9.17) is 9.52 Å². The highest BCUT2D eigenvalue weighted by molar-refractivity contribution is 5.96. The van der Waals surface area contributed by atoms with Crippen molar-refractivity contribution < 1.29 is 14.3 Å². The van der Waals surface area contributed by atoms with E-state index in [0.717, 1.165) is 16.5 Å². The summed E-state index contributed by atoms with van der Waals surface area (Å²) in [5.41, 5.74) is 1.86. The largest absolute Gasteiger partial charge is 0.451 e. The SMILES string of the molecule is Cc1ccc2oc(C(=O)N(CCCO)C(C)C)cc2c1. The van der Waals surface area contributed by atoms with Crippen molar-refractivity contribution in [2.24, 2.45) is 0 Å². The smallest absolute Gasteiger partial charge is 0.289 e. The Morgan fingerprint density at radius 2 is 2.10 bits per heavy atom. The molecule has 1 aromatic carbocycles. The minimum Gasteiger partial charge on any atom is -0.451 e. The van der Waals surface area contributed by atoms with Crippen LogP contribution >= 0.6 is 0 Å². The summed E-state index contributed by atoms with van der Waals surface area (Å²) in [4.78, 5) is 14.2. The Morgan fingerprint density at radius 3 is 2.75 bits per heavy atom. The molecule has 0 saturated carbocycles. The van der Waals surface area contributed by atoms with Gasteiger partial charge in [-0.15, -0.1) is 0 Å². The van der Waals surface area contributed by atoms with Crippen molar-refractivity contribution in [2.45, 2.75) is 33.2 Å². The van der Waals surface area contributed by atoms with Crippen molar-refractivity contribution >= 4 is 16.9 Å². The molecule has 4 heteroatoms. The molecule has 0 bridgehead atoms. The number of carbonyl (C=O) groups is 1. The number of aryl methyl sites for hydroxylation is 1.